The van der Waals surface area contributed by atoms with Gasteiger partial charge in [0.2, 0.25) is 0 Å². The van der Waals surface area contributed by atoms with E-state index in [0.717, 1.165) is 6.07 Å². The minimum Gasteiger partial charge on any atom is -0.476 e. The van der Waals surface area contributed by atoms with Gasteiger partial charge in [-0.2, -0.15) is 0 Å². The number of carbonyl (C=O) groups is 1. The molecule has 0 amide bonds. The van der Waals surface area contributed by atoms with Gasteiger partial charge in [-0.3, -0.25) is 0 Å². The van der Waals surface area contributed by atoms with Crippen LogP contribution < -0.4 is 0 Å². The lowest BCUT2D eigenvalue weighted by atomic mass is 10.2. The highest BCUT2D eigenvalue weighted by molar-refractivity contribution is 9.11. The van der Waals surface area contributed by atoms with Crippen molar-refractivity contribution in [2.45, 2.75) is 6.43 Å². The molecule has 0 atom stereocenters. The normalized spacial score (nSPS) is 10.6. The minimum absolute atomic E-state index is 0.0310. The molecular weight excluding hydrogens is 328 g/mol. The number of rotatable bonds is 2. The number of pyridine rings is 1. The van der Waals surface area contributed by atoms with E-state index in [4.69, 9.17) is 5.11 Å². The first kappa shape index (κ1) is 11.5. The van der Waals surface area contributed by atoms with E-state index in [-0.39, 0.29) is 20.3 Å². The number of carboxylic acids is 1. The van der Waals surface area contributed by atoms with Crippen LogP contribution in [0.5, 0.6) is 0 Å². The Labute approximate surface area is 94.4 Å². The molecule has 0 unspecified atom stereocenters. The first-order valence-electron chi connectivity index (χ1n) is 3.31. The third-order valence-electron chi connectivity index (χ3n) is 1.39. The van der Waals surface area contributed by atoms with E-state index in [1.54, 1.807) is 0 Å². The molecule has 0 aliphatic heterocycles. The summed E-state index contributed by atoms with van der Waals surface area (Å²) in [4.78, 5) is 14.0. The van der Waals surface area contributed by atoms with Crippen molar-refractivity contribution in [3.63, 3.8) is 0 Å². The van der Waals surface area contributed by atoms with Gasteiger partial charge in [-0.15, -0.1) is 0 Å². The fourth-order valence-electron chi connectivity index (χ4n) is 0.784. The Kier molecular flexibility index (Phi) is 3.54. The summed E-state index contributed by atoms with van der Waals surface area (Å²) in [5.74, 6) is -1.28. The van der Waals surface area contributed by atoms with Crippen LogP contribution in [-0.2, 0) is 0 Å². The monoisotopic (exact) mass is 329 g/mol. The Morgan fingerprint density at radius 2 is 2.07 bits per heavy atom. The van der Waals surface area contributed by atoms with Crippen molar-refractivity contribution >= 4 is 37.8 Å². The predicted octanol–water partition coefficient (Wildman–Crippen LogP) is 3.24. The van der Waals surface area contributed by atoms with Gasteiger partial charge in [0, 0.05) is 0 Å². The van der Waals surface area contributed by atoms with Crippen LogP contribution in [0.2, 0.25) is 0 Å². The Morgan fingerprint density at radius 3 is 2.50 bits per heavy atom. The number of halogens is 4. The summed E-state index contributed by atoms with van der Waals surface area (Å²) in [6, 6.07) is 1.03. The quantitative estimate of drug-likeness (QED) is 0.847. The minimum atomic E-state index is -2.70. The zero-order valence-corrected chi connectivity index (χ0v) is 9.64. The van der Waals surface area contributed by atoms with Crippen LogP contribution in [0.4, 0.5) is 8.78 Å². The van der Waals surface area contributed by atoms with Gasteiger partial charge in [-0.1, -0.05) is 0 Å². The molecule has 76 valence electrons. The van der Waals surface area contributed by atoms with Crippen molar-refractivity contribution in [2.24, 2.45) is 0 Å². The third kappa shape index (κ3) is 2.27. The molecule has 1 aromatic heterocycles. The van der Waals surface area contributed by atoms with Gasteiger partial charge >= 0.3 is 5.97 Å². The molecule has 0 saturated carbocycles. The number of nitrogens with zero attached hydrogens (tertiary/aromatic N) is 1. The zero-order chi connectivity index (χ0) is 10.9. The van der Waals surface area contributed by atoms with Gasteiger partial charge in [0.25, 0.3) is 6.43 Å². The molecule has 1 aromatic rings. The molecule has 0 spiro atoms. The van der Waals surface area contributed by atoms with E-state index >= 15 is 0 Å². The molecule has 0 aromatic carbocycles. The summed E-state index contributed by atoms with van der Waals surface area (Å²) >= 11 is 5.63. The van der Waals surface area contributed by atoms with Crippen molar-refractivity contribution in [1.82, 2.24) is 4.98 Å². The van der Waals surface area contributed by atoms with E-state index in [1.165, 1.54) is 0 Å². The summed E-state index contributed by atoms with van der Waals surface area (Å²) in [6.45, 7) is 0. The second kappa shape index (κ2) is 4.31. The maximum absolute atomic E-state index is 12.3. The smallest absolute Gasteiger partial charge is 0.355 e. The van der Waals surface area contributed by atoms with Gasteiger partial charge in [-0.05, 0) is 37.9 Å². The van der Waals surface area contributed by atoms with Crippen LogP contribution >= 0.6 is 31.9 Å². The molecule has 0 bridgehead atoms. The lowest BCUT2D eigenvalue weighted by molar-refractivity contribution is 0.0688. The second-order valence-corrected chi connectivity index (χ2v) is 3.91. The van der Waals surface area contributed by atoms with E-state index in [2.05, 4.69) is 36.8 Å². The number of hydrogen-bond acceptors (Lipinski definition) is 2. The first-order valence-corrected chi connectivity index (χ1v) is 4.89. The maximum Gasteiger partial charge on any atom is 0.355 e. The van der Waals surface area contributed by atoms with E-state index in [0.29, 0.717) is 0 Å². The van der Waals surface area contributed by atoms with Crippen molar-refractivity contribution < 1.29 is 18.7 Å². The van der Waals surface area contributed by atoms with Gasteiger partial charge in [0.1, 0.15) is 4.60 Å². The maximum atomic E-state index is 12.3. The van der Waals surface area contributed by atoms with Crippen LogP contribution in [0.25, 0.3) is 0 Å². The highest BCUT2D eigenvalue weighted by atomic mass is 79.9. The number of carboxylic acid groups (broad SMARTS) is 1. The lowest BCUT2D eigenvalue weighted by Crippen LogP contribution is -2.04. The molecule has 1 heterocycles. The van der Waals surface area contributed by atoms with Gasteiger partial charge < -0.3 is 5.11 Å². The molecule has 14 heavy (non-hydrogen) atoms. The Bertz CT molecular complexity index is 384. The van der Waals surface area contributed by atoms with Crippen molar-refractivity contribution in [2.75, 3.05) is 0 Å². The molecule has 1 rings (SSSR count). The molecule has 3 nitrogen and oxygen atoms in total. The number of alkyl halides is 2. The molecular formula is C7H3Br2F2NO2. The summed E-state index contributed by atoms with van der Waals surface area (Å²) in [5, 5.41) is 8.62. The van der Waals surface area contributed by atoms with Gasteiger partial charge in [0.15, 0.2) is 5.69 Å². The lowest BCUT2D eigenvalue weighted by Gasteiger charge is -2.05. The fraction of sp³-hybridized carbons (Fsp3) is 0.143. The highest BCUT2D eigenvalue weighted by Gasteiger charge is 2.18. The van der Waals surface area contributed by atoms with Crippen LogP contribution in [-0.4, -0.2) is 16.1 Å². The molecule has 1 N–H and O–H groups in total. The average molecular weight is 331 g/mol. The summed E-state index contributed by atoms with van der Waals surface area (Å²) in [7, 11) is 0. The van der Waals surface area contributed by atoms with Crippen LogP contribution in [0.15, 0.2) is 15.1 Å². The summed E-state index contributed by atoms with van der Waals surface area (Å²) < 4.78 is 24.5. The number of hydrogen-bond donors (Lipinski definition) is 1. The standard InChI is InChI=1S/C7H3Br2F2NO2/c8-3-1-2(6(10)11)5(9)12-4(3)7(13)14/h1,6H,(H,13,14). The first-order chi connectivity index (χ1) is 6.43. The van der Waals surface area contributed by atoms with E-state index in [1.807, 2.05) is 0 Å². The van der Waals surface area contributed by atoms with Gasteiger partial charge in [-0.25, -0.2) is 18.6 Å². The third-order valence-corrected chi connectivity index (χ3v) is 2.63. The molecule has 0 aliphatic carbocycles. The highest BCUT2D eigenvalue weighted by Crippen LogP contribution is 2.29. The summed E-state index contributed by atoms with van der Waals surface area (Å²) in [5.41, 5.74) is -0.650. The van der Waals surface area contributed by atoms with Crippen molar-refractivity contribution in [1.29, 1.82) is 0 Å². The molecule has 0 saturated heterocycles. The van der Waals surface area contributed by atoms with Crippen molar-refractivity contribution in [3.05, 3.63) is 26.4 Å². The van der Waals surface area contributed by atoms with Gasteiger partial charge in [0.05, 0.1) is 10.0 Å². The van der Waals surface area contributed by atoms with Crippen LogP contribution in [0.1, 0.15) is 22.5 Å². The fourth-order valence-corrected chi connectivity index (χ4v) is 1.75. The van der Waals surface area contributed by atoms with Crippen LogP contribution in [0.3, 0.4) is 0 Å². The van der Waals surface area contributed by atoms with Crippen molar-refractivity contribution in [3.8, 4) is 0 Å². The van der Waals surface area contributed by atoms with E-state index in [9.17, 15) is 13.6 Å². The second-order valence-electron chi connectivity index (χ2n) is 2.30. The molecule has 0 radical (unpaired) electrons. The average Bonchev–Trinajstić information content (AvgIpc) is 2.07. The molecule has 0 fully saturated rings. The van der Waals surface area contributed by atoms with E-state index < -0.39 is 12.4 Å². The topological polar surface area (TPSA) is 50.2 Å². The number of aromatic carboxylic acids is 1. The molecule has 0 aliphatic rings. The Balaban J connectivity index is 3.31. The van der Waals surface area contributed by atoms with Crippen LogP contribution in [0, 0.1) is 0 Å². The Morgan fingerprint density at radius 1 is 1.50 bits per heavy atom. The molecule has 7 heteroatoms. The zero-order valence-electron chi connectivity index (χ0n) is 6.47. The number of aromatic nitrogens is 1. The Hall–Kier alpha value is -0.560. The predicted molar refractivity (Wildman–Crippen MR) is 51.6 cm³/mol. The SMILES string of the molecule is O=C(O)c1nc(Br)c(C(F)F)cc1Br. The largest absolute Gasteiger partial charge is 0.476 e. The summed E-state index contributed by atoms with van der Waals surface area (Å²) in [6.07, 6.45) is -2.70.